The number of halogens is 1. The monoisotopic (exact) mass is 350 g/mol. The highest BCUT2D eigenvalue weighted by Crippen LogP contribution is 2.27. The van der Waals surface area contributed by atoms with Gasteiger partial charge < -0.3 is 10.6 Å². The predicted molar refractivity (Wildman–Crippen MR) is 98.8 cm³/mol. The van der Waals surface area contributed by atoms with Gasteiger partial charge in [0.2, 0.25) is 5.91 Å². The summed E-state index contributed by atoms with van der Waals surface area (Å²) >= 11 is 6.28. The van der Waals surface area contributed by atoms with Crippen LogP contribution in [0.3, 0.4) is 0 Å². The number of benzene rings is 1. The average molecular weight is 351 g/mol. The molecule has 0 radical (unpaired) electrons. The van der Waals surface area contributed by atoms with Gasteiger partial charge in [-0.3, -0.25) is 14.6 Å². The van der Waals surface area contributed by atoms with Crippen LogP contribution in [0.2, 0.25) is 5.02 Å². The molecule has 0 bridgehead atoms. The fraction of sp³-hybridized carbons (Fsp3) is 0.611. The first-order valence-corrected chi connectivity index (χ1v) is 9.14. The number of carbonyl (C=O) groups excluding carboxylic acids is 1. The molecule has 1 aromatic carbocycles. The first kappa shape index (κ1) is 17.7. The molecule has 1 amide bonds. The third kappa shape index (κ3) is 4.28. The summed E-state index contributed by atoms with van der Waals surface area (Å²) in [5.74, 6) is 0.0183. The molecule has 6 heteroatoms. The van der Waals surface area contributed by atoms with E-state index < -0.39 is 0 Å². The van der Waals surface area contributed by atoms with Crippen LogP contribution in [0, 0.1) is 13.8 Å². The zero-order chi connectivity index (χ0) is 17.1. The van der Waals surface area contributed by atoms with E-state index in [1.807, 2.05) is 26.0 Å². The summed E-state index contributed by atoms with van der Waals surface area (Å²) in [5, 5.41) is 6.99. The number of nitrogens with zero attached hydrogens (tertiary/aromatic N) is 2. The molecule has 2 aliphatic rings. The van der Waals surface area contributed by atoms with E-state index in [-0.39, 0.29) is 5.91 Å². The van der Waals surface area contributed by atoms with Crippen molar-refractivity contribution in [3.05, 3.63) is 28.3 Å². The van der Waals surface area contributed by atoms with E-state index in [2.05, 4.69) is 20.4 Å². The quantitative estimate of drug-likeness (QED) is 0.870. The second-order valence-corrected chi connectivity index (χ2v) is 7.36. The van der Waals surface area contributed by atoms with Crippen LogP contribution < -0.4 is 10.6 Å². The standard InChI is InChI=1S/C18H27ClN4O/c1-13-9-14(2)18(16(19)10-13)21-17(24)12-22-6-3-15(11-22)23-7-4-20-5-8-23/h9-10,15,20H,3-8,11-12H2,1-2H3,(H,21,24). The number of rotatable bonds is 4. The summed E-state index contributed by atoms with van der Waals surface area (Å²) in [5.41, 5.74) is 2.85. The van der Waals surface area contributed by atoms with Gasteiger partial charge in [-0.15, -0.1) is 0 Å². The van der Waals surface area contributed by atoms with E-state index in [1.165, 1.54) is 0 Å². The lowest BCUT2D eigenvalue weighted by atomic mass is 10.1. The summed E-state index contributed by atoms with van der Waals surface area (Å²) in [6.45, 7) is 10.8. The molecule has 1 aromatic rings. The number of piperazine rings is 1. The molecular weight excluding hydrogens is 324 g/mol. The fourth-order valence-electron chi connectivity index (χ4n) is 3.76. The van der Waals surface area contributed by atoms with Crippen molar-refractivity contribution in [2.24, 2.45) is 0 Å². The number of hydrogen-bond donors (Lipinski definition) is 2. The lowest BCUT2D eigenvalue weighted by molar-refractivity contribution is -0.117. The number of nitrogens with one attached hydrogen (secondary N) is 2. The maximum absolute atomic E-state index is 12.4. The van der Waals surface area contributed by atoms with E-state index in [4.69, 9.17) is 11.6 Å². The zero-order valence-electron chi connectivity index (χ0n) is 14.6. The van der Waals surface area contributed by atoms with Gasteiger partial charge in [0.15, 0.2) is 0 Å². The molecule has 5 nitrogen and oxygen atoms in total. The maximum atomic E-state index is 12.4. The van der Waals surface area contributed by atoms with Crippen LogP contribution in [0.1, 0.15) is 17.5 Å². The van der Waals surface area contributed by atoms with Gasteiger partial charge in [0, 0.05) is 45.3 Å². The van der Waals surface area contributed by atoms with Crippen LogP contribution in [0.15, 0.2) is 12.1 Å². The van der Waals surface area contributed by atoms with E-state index in [0.717, 1.165) is 62.5 Å². The SMILES string of the molecule is Cc1cc(C)c(NC(=O)CN2CCC(N3CCNCC3)C2)c(Cl)c1. The smallest absolute Gasteiger partial charge is 0.238 e. The van der Waals surface area contributed by atoms with Gasteiger partial charge in [-0.1, -0.05) is 17.7 Å². The van der Waals surface area contributed by atoms with Crippen LogP contribution in [0.4, 0.5) is 5.69 Å². The Labute approximate surface area is 149 Å². The van der Waals surface area contributed by atoms with Crippen molar-refractivity contribution in [1.29, 1.82) is 0 Å². The van der Waals surface area contributed by atoms with Crippen LogP contribution in [0.25, 0.3) is 0 Å². The minimum atomic E-state index is 0.0183. The van der Waals surface area contributed by atoms with Crippen molar-refractivity contribution in [2.75, 3.05) is 51.1 Å². The third-order valence-electron chi connectivity index (χ3n) is 4.98. The Morgan fingerprint density at radius 3 is 2.75 bits per heavy atom. The van der Waals surface area contributed by atoms with Crippen molar-refractivity contribution in [1.82, 2.24) is 15.1 Å². The largest absolute Gasteiger partial charge is 0.323 e. The number of likely N-dealkylation sites (tertiary alicyclic amines) is 1. The van der Waals surface area contributed by atoms with E-state index >= 15 is 0 Å². The summed E-state index contributed by atoms with van der Waals surface area (Å²) in [6.07, 6.45) is 1.15. The Morgan fingerprint density at radius 2 is 2.04 bits per heavy atom. The Kier molecular flexibility index (Phi) is 5.76. The first-order chi connectivity index (χ1) is 11.5. The van der Waals surface area contributed by atoms with E-state index in [1.54, 1.807) is 0 Å². The number of aryl methyl sites for hydroxylation is 2. The van der Waals surface area contributed by atoms with Gasteiger partial charge in [0.05, 0.1) is 17.3 Å². The minimum absolute atomic E-state index is 0.0183. The Balaban J connectivity index is 1.52. The summed E-state index contributed by atoms with van der Waals surface area (Å²) in [6, 6.07) is 4.52. The molecule has 0 aliphatic carbocycles. The fourth-order valence-corrected chi connectivity index (χ4v) is 4.13. The van der Waals surface area contributed by atoms with Crippen molar-refractivity contribution in [3.63, 3.8) is 0 Å². The third-order valence-corrected chi connectivity index (χ3v) is 5.28. The molecule has 0 saturated carbocycles. The van der Waals surface area contributed by atoms with Crippen molar-refractivity contribution >= 4 is 23.2 Å². The molecule has 2 fully saturated rings. The van der Waals surface area contributed by atoms with Crippen LogP contribution in [-0.2, 0) is 4.79 Å². The average Bonchev–Trinajstić information content (AvgIpc) is 3.00. The minimum Gasteiger partial charge on any atom is -0.323 e. The van der Waals surface area contributed by atoms with Gasteiger partial charge in [-0.05, 0) is 37.5 Å². The highest BCUT2D eigenvalue weighted by molar-refractivity contribution is 6.34. The molecule has 0 spiro atoms. The molecule has 24 heavy (non-hydrogen) atoms. The number of amides is 1. The highest BCUT2D eigenvalue weighted by atomic mass is 35.5. The molecule has 1 atom stereocenters. The molecule has 132 valence electrons. The highest BCUT2D eigenvalue weighted by Gasteiger charge is 2.29. The summed E-state index contributed by atoms with van der Waals surface area (Å²) in [7, 11) is 0. The molecular formula is C18H27ClN4O. The van der Waals surface area contributed by atoms with Crippen molar-refractivity contribution in [3.8, 4) is 0 Å². The number of carbonyl (C=O) groups is 1. The molecule has 0 aromatic heterocycles. The number of hydrogen-bond acceptors (Lipinski definition) is 4. The van der Waals surface area contributed by atoms with E-state index in [9.17, 15) is 4.79 Å². The van der Waals surface area contributed by atoms with Gasteiger partial charge >= 0.3 is 0 Å². The molecule has 2 heterocycles. The number of anilines is 1. The lowest BCUT2D eigenvalue weighted by Gasteiger charge is -2.32. The van der Waals surface area contributed by atoms with Crippen molar-refractivity contribution < 1.29 is 4.79 Å². The Bertz CT molecular complexity index is 578. The zero-order valence-corrected chi connectivity index (χ0v) is 15.3. The molecule has 2 aliphatic heterocycles. The summed E-state index contributed by atoms with van der Waals surface area (Å²) < 4.78 is 0. The molecule has 2 saturated heterocycles. The molecule has 1 unspecified atom stereocenters. The molecule has 3 rings (SSSR count). The molecule has 2 N–H and O–H groups in total. The Morgan fingerprint density at radius 1 is 1.29 bits per heavy atom. The van der Waals surface area contributed by atoms with Gasteiger partial charge in [0.1, 0.15) is 0 Å². The van der Waals surface area contributed by atoms with Gasteiger partial charge in [0.25, 0.3) is 0 Å². The van der Waals surface area contributed by atoms with Crippen LogP contribution in [0.5, 0.6) is 0 Å². The van der Waals surface area contributed by atoms with Gasteiger partial charge in [-0.2, -0.15) is 0 Å². The second kappa shape index (κ2) is 7.83. The lowest BCUT2D eigenvalue weighted by Crippen LogP contribution is -2.49. The first-order valence-electron chi connectivity index (χ1n) is 8.76. The van der Waals surface area contributed by atoms with E-state index in [0.29, 0.717) is 17.6 Å². The second-order valence-electron chi connectivity index (χ2n) is 6.95. The maximum Gasteiger partial charge on any atom is 0.238 e. The topological polar surface area (TPSA) is 47.6 Å². The van der Waals surface area contributed by atoms with Crippen molar-refractivity contribution in [2.45, 2.75) is 26.3 Å². The van der Waals surface area contributed by atoms with Crippen LogP contribution in [-0.4, -0.2) is 67.6 Å². The predicted octanol–water partition coefficient (Wildman–Crippen LogP) is 1.87. The van der Waals surface area contributed by atoms with Gasteiger partial charge in [-0.25, -0.2) is 0 Å². The Hall–Kier alpha value is -1.14. The normalized spacial score (nSPS) is 22.7. The summed E-state index contributed by atoms with van der Waals surface area (Å²) in [4.78, 5) is 17.2. The van der Waals surface area contributed by atoms with Crippen LogP contribution >= 0.6 is 11.6 Å².